The van der Waals surface area contributed by atoms with Gasteiger partial charge in [-0.15, -0.1) is 0 Å². The predicted molar refractivity (Wildman–Crippen MR) is 66.0 cm³/mol. The van der Waals surface area contributed by atoms with Crippen LogP contribution >= 0.6 is 0 Å². The fraction of sp³-hybridized carbons (Fsp3) is 0.286. The number of fused-ring (bicyclic) bond motifs is 1. The van der Waals surface area contributed by atoms with Gasteiger partial charge in [-0.3, -0.25) is 0 Å². The van der Waals surface area contributed by atoms with E-state index >= 15 is 0 Å². The summed E-state index contributed by atoms with van der Waals surface area (Å²) in [4.78, 5) is 0. The van der Waals surface area contributed by atoms with Crippen molar-refractivity contribution in [1.82, 2.24) is 5.32 Å². The highest BCUT2D eigenvalue weighted by Gasteiger charge is 2.03. The third-order valence-corrected chi connectivity index (χ3v) is 2.78. The first-order chi connectivity index (χ1) is 7.31. The van der Waals surface area contributed by atoms with Crippen LogP contribution in [0.25, 0.3) is 10.8 Å². The van der Waals surface area contributed by atoms with Crippen LogP contribution in [-0.2, 0) is 0 Å². The molecule has 0 bridgehead atoms. The SMILES string of the molecule is CCNC(C)c1ccc2ccccc2c1. The maximum atomic E-state index is 3.43. The van der Waals surface area contributed by atoms with E-state index in [1.54, 1.807) is 0 Å². The lowest BCUT2D eigenvalue weighted by atomic mass is 10.0. The van der Waals surface area contributed by atoms with Crippen molar-refractivity contribution < 1.29 is 0 Å². The largest absolute Gasteiger partial charge is 0.310 e. The third-order valence-electron chi connectivity index (χ3n) is 2.78. The molecule has 2 aromatic carbocycles. The van der Waals surface area contributed by atoms with Crippen molar-refractivity contribution in [3.05, 3.63) is 48.0 Å². The molecule has 0 aliphatic rings. The van der Waals surface area contributed by atoms with E-state index < -0.39 is 0 Å². The van der Waals surface area contributed by atoms with Gasteiger partial charge in [-0.25, -0.2) is 0 Å². The minimum absolute atomic E-state index is 0.430. The Morgan fingerprint density at radius 1 is 1.07 bits per heavy atom. The highest BCUT2D eigenvalue weighted by molar-refractivity contribution is 5.83. The van der Waals surface area contributed by atoms with Gasteiger partial charge in [0.1, 0.15) is 0 Å². The molecular formula is C14H17N. The number of nitrogens with one attached hydrogen (secondary N) is 1. The zero-order chi connectivity index (χ0) is 10.7. The van der Waals surface area contributed by atoms with Crippen LogP contribution in [-0.4, -0.2) is 6.54 Å². The highest BCUT2D eigenvalue weighted by Crippen LogP contribution is 2.19. The molecule has 0 amide bonds. The topological polar surface area (TPSA) is 12.0 Å². The number of hydrogen-bond acceptors (Lipinski definition) is 1. The lowest BCUT2D eigenvalue weighted by Crippen LogP contribution is -2.17. The second-order valence-electron chi connectivity index (χ2n) is 3.89. The van der Waals surface area contributed by atoms with E-state index in [0.717, 1.165) is 6.54 Å². The molecule has 15 heavy (non-hydrogen) atoms. The molecule has 0 aromatic heterocycles. The summed E-state index contributed by atoms with van der Waals surface area (Å²) in [5.74, 6) is 0. The van der Waals surface area contributed by atoms with Crippen molar-refractivity contribution in [3.8, 4) is 0 Å². The zero-order valence-corrected chi connectivity index (χ0v) is 9.33. The number of hydrogen-bond donors (Lipinski definition) is 1. The Morgan fingerprint density at radius 2 is 1.80 bits per heavy atom. The summed E-state index contributed by atoms with van der Waals surface area (Å²) in [6, 6.07) is 15.6. The molecule has 1 heteroatoms. The molecule has 2 rings (SSSR count). The first-order valence-corrected chi connectivity index (χ1v) is 5.53. The lowest BCUT2D eigenvalue weighted by Gasteiger charge is -2.13. The van der Waals surface area contributed by atoms with Crippen molar-refractivity contribution in [2.75, 3.05) is 6.54 Å². The highest BCUT2D eigenvalue weighted by atomic mass is 14.9. The van der Waals surface area contributed by atoms with Gasteiger partial charge in [0.2, 0.25) is 0 Å². The molecule has 0 radical (unpaired) electrons. The molecule has 1 nitrogen and oxygen atoms in total. The minimum Gasteiger partial charge on any atom is -0.310 e. The average Bonchev–Trinajstić information content (AvgIpc) is 2.29. The van der Waals surface area contributed by atoms with E-state index in [1.165, 1.54) is 16.3 Å². The van der Waals surface area contributed by atoms with Crippen molar-refractivity contribution in [2.24, 2.45) is 0 Å². The Bertz CT molecular complexity index is 448. The van der Waals surface area contributed by atoms with Gasteiger partial charge in [-0.05, 0) is 35.9 Å². The van der Waals surface area contributed by atoms with Crippen molar-refractivity contribution in [3.63, 3.8) is 0 Å². The molecule has 78 valence electrons. The predicted octanol–water partition coefficient (Wildman–Crippen LogP) is 3.51. The molecule has 0 fully saturated rings. The summed E-state index contributed by atoms with van der Waals surface area (Å²) in [7, 11) is 0. The molecule has 1 N–H and O–H groups in total. The van der Waals surface area contributed by atoms with E-state index in [1.807, 2.05) is 0 Å². The fourth-order valence-electron chi connectivity index (χ4n) is 1.90. The Labute approximate surface area is 91.1 Å². The molecule has 1 atom stereocenters. The average molecular weight is 199 g/mol. The summed E-state index contributed by atoms with van der Waals surface area (Å²) in [6.07, 6.45) is 0. The maximum Gasteiger partial charge on any atom is 0.0291 e. The van der Waals surface area contributed by atoms with Gasteiger partial charge in [0.15, 0.2) is 0 Å². The molecule has 0 aliphatic heterocycles. The quantitative estimate of drug-likeness (QED) is 0.797. The van der Waals surface area contributed by atoms with Gasteiger partial charge < -0.3 is 5.32 Å². The van der Waals surface area contributed by atoms with Crippen LogP contribution in [0.4, 0.5) is 0 Å². The standard InChI is InChI=1S/C14H17N/c1-3-15-11(2)13-9-8-12-6-4-5-7-14(12)10-13/h4-11,15H,3H2,1-2H3. The molecule has 0 spiro atoms. The fourth-order valence-corrected chi connectivity index (χ4v) is 1.90. The van der Waals surface area contributed by atoms with Crippen molar-refractivity contribution in [1.29, 1.82) is 0 Å². The normalized spacial score (nSPS) is 12.9. The van der Waals surface area contributed by atoms with E-state index in [2.05, 4.69) is 61.6 Å². The minimum atomic E-state index is 0.430. The summed E-state index contributed by atoms with van der Waals surface area (Å²) in [6.45, 7) is 5.35. The third kappa shape index (κ3) is 2.18. The molecule has 1 unspecified atom stereocenters. The number of rotatable bonds is 3. The van der Waals surface area contributed by atoms with E-state index in [0.29, 0.717) is 6.04 Å². The van der Waals surface area contributed by atoms with Gasteiger partial charge in [0, 0.05) is 6.04 Å². The van der Waals surface area contributed by atoms with Crippen LogP contribution in [0.2, 0.25) is 0 Å². The van der Waals surface area contributed by atoms with Crippen LogP contribution < -0.4 is 5.32 Å². The first-order valence-electron chi connectivity index (χ1n) is 5.53. The molecule has 0 saturated heterocycles. The van der Waals surface area contributed by atoms with Crippen LogP contribution in [0, 0.1) is 0 Å². The van der Waals surface area contributed by atoms with E-state index in [4.69, 9.17) is 0 Å². The first kappa shape index (κ1) is 10.2. The Morgan fingerprint density at radius 3 is 2.53 bits per heavy atom. The van der Waals surface area contributed by atoms with Crippen LogP contribution in [0.3, 0.4) is 0 Å². The smallest absolute Gasteiger partial charge is 0.0291 e. The van der Waals surface area contributed by atoms with Gasteiger partial charge in [-0.2, -0.15) is 0 Å². The second-order valence-corrected chi connectivity index (χ2v) is 3.89. The van der Waals surface area contributed by atoms with Crippen LogP contribution in [0.5, 0.6) is 0 Å². The van der Waals surface area contributed by atoms with Crippen LogP contribution in [0.15, 0.2) is 42.5 Å². The Hall–Kier alpha value is -1.34. The maximum absolute atomic E-state index is 3.43. The summed E-state index contributed by atoms with van der Waals surface area (Å²) in [5.41, 5.74) is 1.36. The molecule has 2 aromatic rings. The lowest BCUT2D eigenvalue weighted by molar-refractivity contribution is 0.599. The van der Waals surface area contributed by atoms with Gasteiger partial charge >= 0.3 is 0 Å². The monoisotopic (exact) mass is 199 g/mol. The Balaban J connectivity index is 2.38. The molecule has 0 saturated carbocycles. The van der Waals surface area contributed by atoms with Gasteiger partial charge in [-0.1, -0.05) is 43.3 Å². The Kier molecular flexibility index (Phi) is 3.02. The van der Waals surface area contributed by atoms with Crippen molar-refractivity contribution >= 4 is 10.8 Å². The van der Waals surface area contributed by atoms with Crippen molar-refractivity contribution in [2.45, 2.75) is 19.9 Å². The summed E-state index contributed by atoms with van der Waals surface area (Å²) >= 11 is 0. The second kappa shape index (κ2) is 4.45. The van der Waals surface area contributed by atoms with Gasteiger partial charge in [0.25, 0.3) is 0 Å². The number of benzene rings is 2. The zero-order valence-electron chi connectivity index (χ0n) is 9.33. The van der Waals surface area contributed by atoms with Crippen LogP contribution in [0.1, 0.15) is 25.5 Å². The summed E-state index contributed by atoms with van der Waals surface area (Å²) in [5, 5.41) is 6.06. The molecule has 0 aliphatic carbocycles. The molecule has 0 heterocycles. The van der Waals surface area contributed by atoms with E-state index in [9.17, 15) is 0 Å². The molecular weight excluding hydrogens is 182 g/mol. The van der Waals surface area contributed by atoms with E-state index in [-0.39, 0.29) is 0 Å². The van der Waals surface area contributed by atoms with Gasteiger partial charge in [0.05, 0.1) is 0 Å². The summed E-state index contributed by atoms with van der Waals surface area (Å²) < 4.78 is 0.